The maximum Gasteiger partial charge on any atom is 0.327 e. The van der Waals surface area contributed by atoms with E-state index in [-0.39, 0.29) is 11.9 Å². The summed E-state index contributed by atoms with van der Waals surface area (Å²) in [6.45, 7) is 9.02. The summed E-state index contributed by atoms with van der Waals surface area (Å²) in [5, 5.41) is 0. The lowest BCUT2D eigenvalue weighted by Crippen LogP contribution is -2.57. The molecule has 7 heteroatoms. The van der Waals surface area contributed by atoms with Crippen LogP contribution in [0.2, 0.25) is 0 Å². The van der Waals surface area contributed by atoms with E-state index < -0.39 is 5.54 Å². The number of urea groups is 1. The van der Waals surface area contributed by atoms with Crippen LogP contribution in [0, 0.1) is 5.92 Å². The first-order valence-electron chi connectivity index (χ1n) is 12.5. The Hall–Kier alpha value is -2.12. The van der Waals surface area contributed by atoms with E-state index in [9.17, 15) is 9.59 Å². The van der Waals surface area contributed by atoms with Gasteiger partial charge in [0, 0.05) is 39.3 Å². The zero-order chi connectivity index (χ0) is 24.0. The number of ether oxygens (including phenoxy) is 1. The number of benzene rings is 1. The van der Waals surface area contributed by atoms with E-state index in [2.05, 4.69) is 18.7 Å². The van der Waals surface area contributed by atoms with Crippen LogP contribution in [-0.2, 0) is 11.2 Å². The van der Waals surface area contributed by atoms with Crippen molar-refractivity contribution in [3.63, 3.8) is 0 Å². The molecule has 184 valence electrons. The fourth-order valence-corrected chi connectivity index (χ4v) is 5.12. The number of likely N-dealkylation sites (N-methyl/N-ethyl adjacent to an activating group) is 1. The second kappa shape index (κ2) is 11.3. The summed E-state index contributed by atoms with van der Waals surface area (Å²) in [6.07, 6.45) is 4.53. The van der Waals surface area contributed by atoms with Gasteiger partial charge in [0.25, 0.3) is 5.91 Å². The highest BCUT2D eigenvalue weighted by Gasteiger charge is 2.57. The zero-order valence-corrected chi connectivity index (χ0v) is 21.2. The van der Waals surface area contributed by atoms with Gasteiger partial charge in [0.1, 0.15) is 11.3 Å². The molecule has 1 aromatic rings. The van der Waals surface area contributed by atoms with E-state index in [1.165, 1.54) is 17.7 Å². The number of hydrogen-bond donors (Lipinski definition) is 0. The van der Waals surface area contributed by atoms with Gasteiger partial charge in [0.15, 0.2) is 0 Å². The molecule has 0 atom stereocenters. The van der Waals surface area contributed by atoms with Crippen LogP contribution in [0.1, 0.15) is 45.1 Å². The van der Waals surface area contributed by atoms with E-state index in [0.29, 0.717) is 25.6 Å². The van der Waals surface area contributed by atoms with Crippen LogP contribution in [-0.4, -0.2) is 97.6 Å². The van der Waals surface area contributed by atoms with Crippen molar-refractivity contribution in [1.29, 1.82) is 0 Å². The molecule has 0 unspecified atom stereocenters. The molecule has 1 spiro atoms. The van der Waals surface area contributed by atoms with Gasteiger partial charge in [-0.05, 0) is 57.0 Å². The Kier molecular flexibility index (Phi) is 8.76. The molecule has 2 aliphatic heterocycles. The van der Waals surface area contributed by atoms with Crippen LogP contribution in [0.4, 0.5) is 4.79 Å². The molecule has 0 aromatic heterocycles. The molecule has 0 N–H and O–H groups in total. The van der Waals surface area contributed by atoms with Gasteiger partial charge in [-0.25, -0.2) is 4.79 Å². The predicted molar refractivity (Wildman–Crippen MR) is 132 cm³/mol. The minimum Gasteiger partial charge on any atom is -0.497 e. The molecule has 7 nitrogen and oxygen atoms in total. The molecule has 1 aromatic carbocycles. The maximum atomic E-state index is 13.7. The first kappa shape index (κ1) is 25.5. The lowest BCUT2D eigenvalue weighted by Gasteiger charge is -2.43. The van der Waals surface area contributed by atoms with Gasteiger partial charge in [0.2, 0.25) is 0 Å². The molecule has 2 saturated heterocycles. The van der Waals surface area contributed by atoms with Gasteiger partial charge in [-0.15, -0.1) is 0 Å². The fourth-order valence-electron chi connectivity index (χ4n) is 5.12. The monoisotopic (exact) mass is 458 g/mol. The van der Waals surface area contributed by atoms with Gasteiger partial charge < -0.3 is 19.4 Å². The van der Waals surface area contributed by atoms with Crippen molar-refractivity contribution in [3.05, 3.63) is 29.8 Å². The van der Waals surface area contributed by atoms with Crippen molar-refractivity contribution in [3.8, 4) is 5.75 Å². The lowest BCUT2D eigenvalue weighted by atomic mass is 9.85. The number of carbonyl (C=O) groups excluding carboxylic acids is 2. The number of nitrogens with zero attached hydrogens (tertiary/aromatic N) is 4. The molecule has 0 aliphatic carbocycles. The van der Waals surface area contributed by atoms with E-state index in [4.69, 9.17) is 4.74 Å². The molecule has 0 radical (unpaired) electrons. The van der Waals surface area contributed by atoms with E-state index in [0.717, 1.165) is 50.2 Å². The van der Waals surface area contributed by atoms with Gasteiger partial charge in [0.05, 0.1) is 7.11 Å². The largest absolute Gasteiger partial charge is 0.497 e. The highest BCUT2D eigenvalue weighted by molar-refractivity contribution is 6.07. The lowest BCUT2D eigenvalue weighted by molar-refractivity contribution is -0.135. The predicted octanol–water partition coefficient (Wildman–Crippen LogP) is 3.33. The summed E-state index contributed by atoms with van der Waals surface area (Å²) in [4.78, 5) is 35.0. The van der Waals surface area contributed by atoms with Crippen molar-refractivity contribution in [2.24, 2.45) is 5.92 Å². The second-order valence-electron chi connectivity index (χ2n) is 9.81. The summed E-state index contributed by atoms with van der Waals surface area (Å²) in [7, 11) is 5.60. The third kappa shape index (κ3) is 5.69. The molecular weight excluding hydrogens is 416 g/mol. The number of hydrogen-bond acceptors (Lipinski definition) is 5. The van der Waals surface area contributed by atoms with Crippen molar-refractivity contribution in [1.82, 2.24) is 19.6 Å². The second-order valence-corrected chi connectivity index (χ2v) is 9.81. The number of methoxy groups -OCH3 is 1. The third-order valence-corrected chi connectivity index (χ3v) is 7.53. The van der Waals surface area contributed by atoms with Crippen LogP contribution in [0.3, 0.4) is 0 Å². The SMILES string of the molecule is CCC(CC)CN1CCC2(CC1)C(=O)N(CCN(C)C)C(=O)N2CCc1ccc(OC)cc1. The Balaban J connectivity index is 1.75. The summed E-state index contributed by atoms with van der Waals surface area (Å²) >= 11 is 0. The molecule has 33 heavy (non-hydrogen) atoms. The molecule has 0 saturated carbocycles. The molecule has 0 bridgehead atoms. The highest BCUT2D eigenvalue weighted by atomic mass is 16.5. The Bertz CT molecular complexity index is 783. The first-order valence-corrected chi connectivity index (χ1v) is 12.5. The minimum absolute atomic E-state index is 0.00580. The number of carbonyl (C=O) groups is 2. The van der Waals surface area contributed by atoms with Crippen LogP contribution >= 0.6 is 0 Å². The van der Waals surface area contributed by atoms with Crippen LogP contribution in [0.5, 0.6) is 5.75 Å². The molecule has 2 heterocycles. The van der Waals surface area contributed by atoms with Gasteiger partial charge in [-0.1, -0.05) is 38.8 Å². The Morgan fingerprint density at radius 2 is 1.67 bits per heavy atom. The van der Waals surface area contributed by atoms with E-state index in [1.54, 1.807) is 7.11 Å². The first-order chi connectivity index (χ1) is 15.8. The minimum atomic E-state index is -0.694. The summed E-state index contributed by atoms with van der Waals surface area (Å²) in [5.74, 6) is 1.52. The van der Waals surface area contributed by atoms with Gasteiger partial charge >= 0.3 is 6.03 Å². The van der Waals surface area contributed by atoms with Crippen molar-refractivity contribution < 1.29 is 14.3 Å². The number of amides is 3. The summed E-state index contributed by atoms with van der Waals surface area (Å²) < 4.78 is 5.26. The molecule has 2 fully saturated rings. The maximum absolute atomic E-state index is 13.7. The van der Waals surface area contributed by atoms with Crippen molar-refractivity contribution in [2.45, 2.75) is 51.5 Å². The molecule has 3 rings (SSSR count). The molecular formula is C26H42N4O3. The zero-order valence-electron chi connectivity index (χ0n) is 21.2. The van der Waals surface area contributed by atoms with Crippen LogP contribution < -0.4 is 4.74 Å². The van der Waals surface area contributed by atoms with Gasteiger partial charge in [-0.3, -0.25) is 9.69 Å². The van der Waals surface area contributed by atoms with Crippen molar-refractivity contribution in [2.75, 3.05) is 60.5 Å². The Morgan fingerprint density at radius 3 is 2.21 bits per heavy atom. The normalized spacial score (nSPS) is 18.9. The number of imide groups is 1. The average molecular weight is 459 g/mol. The number of likely N-dealkylation sites (tertiary alicyclic amines) is 1. The summed E-state index contributed by atoms with van der Waals surface area (Å²) in [5.41, 5.74) is 0.449. The quantitative estimate of drug-likeness (QED) is 0.476. The van der Waals surface area contributed by atoms with Gasteiger partial charge in [-0.2, -0.15) is 0 Å². The number of rotatable bonds is 11. The standard InChI is InChI=1S/C26H42N4O3/c1-6-21(7-2)20-28-16-13-26(14-17-28)24(31)29(19-18-27(3)4)25(32)30(26)15-12-22-8-10-23(33-5)11-9-22/h8-11,21H,6-7,12-20H2,1-5H3. The van der Waals surface area contributed by atoms with Crippen LogP contribution in [0.15, 0.2) is 24.3 Å². The Morgan fingerprint density at radius 1 is 1.03 bits per heavy atom. The molecule has 2 aliphatic rings. The topological polar surface area (TPSA) is 56.3 Å². The summed E-state index contributed by atoms with van der Waals surface area (Å²) in [6, 6.07) is 7.85. The fraction of sp³-hybridized carbons (Fsp3) is 0.692. The average Bonchev–Trinajstić information content (AvgIpc) is 3.01. The van der Waals surface area contributed by atoms with Crippen LogP contribution in [0.25, 0.3) is 0 Å². The van der Waals surface area contributed by atoms with E-state index >= 15 is 0 Å². The molecule has 3 amide bonds. The highest BCUT2D eigenvalue weighted by Crippen LogP contribution is 2.37. The Labute approximate surface area is 199 Å². The number of piperidine rings is 1. The third-order valence-electron chi connectivity index (χ3n) is 7.53. The smallest absolute Gasteiger partial charge is 0.327 e. The van der Waals surface area contributed by atoms with Crippen molar-refractivity contribution >= 4 is 11.9 Å². The van der Waals surface area contributed by atoms with E-state index in [1.807, 2.05) is 48.2 Å².